The van der Waals surface area contributed by atoms with Crippen LogP contribution in [0.2, 0.25) is 0 Å². The van der Waals surface area contributed by atoms with Gasteiger partial charge in [0.1, 0.15) is 0 Å². The van der Waals surface area contributed by atoms with Crippen molar-refractivity contribution in [3.63, 3.8) is 0 Å². The minimum absolute atomic E-state index is 0.164. The quantitative estimate of drug-likeness (QED) is 0.448. The van der Waals surface area contributed by atoms with Crippen LogP contribution in [0.5, 0.6) is 0 Å². The Kier molecular flexibility index (Phi) is 5.45. The lowest BCUT2D eigenvalue weighted by molar-refractivity contribution is -0.125. The second-order valence-electron chi connectivity index (χ2n) is 2.39. The van der Waals surface area contributed by atoms with Crippen molar-refractivity contribution in [2.24, 2.45) is 5.73 Å². The fourth-order valence-corrected chi connectivity index (χ4v) is 0.573. The first-order valence-electron chi connectivity index (χ1n) is 3.74. The van der Waals surface area contributed by atoms with E-state index in [9.17, 15) is 14.4 Å². The predicted octanol–water partition coefficient (Wildman–Crippen LogP) is -2.32. The summed E-state index contributed by atoms with van der Waals surface area (Å²) in [5.41, 5.74) is 4.98. The molecule has 6 nitrogen and oxygen atoms in total. The van der Waals surface area contributed by atoms with E-state index in [1.165, 1.54) is 6.92 Å². The van der Waals surface area contributed by atoms with Gasteiger partial charge < -0.3 is 16.4 Å². The van der Waals surface area contributed by atoms with Crippen LogP contribution in [-0.2, 0) is 14.4 Å². The molecular formula is C7H12N3O3. The Morgan fingerprint density at radius 1 is 1.46 bits per heavy atom. The molecule has 73 valence electrons. The molecule has 4 N–H and O–H groups in total. The molecule has 0 aromatic heterocycles. The van der Waals surface area contributed by atoms with Crippen molar-refractivity contribution in [1.82, 2.24) is 10.6 Å². The number of rotatable bonds is 5. The number of carbonyl (C=O) groups excluding carboxylic acids is 3. The molecule has 0 bridgehead atoms. The first-order chi connectivity index (χ1) is 6.10. The Labute approximate surface area is 75.9 Å². The second kappa shape index (κ2) is 6.13. The van der Waals surface area contributed by atoms with E-state index in [0.29, 0.717) is 0 Å². The molecule has 0 aliphatic rings. The summed E-state index contributed by atoms with van der Waals surface area (Å²) in [5.74, 6) is -0.865. The molecule has 0 saturated heterocycles. The lowest BCUT2D eigenvalue weighted by Gasteiger charge is -2.06. The fraction of sp³-hybridized carbons (Fsp3) is 0.571. The summed E-state index contributed by atoms with van der Waals surface area (Å²) in [7, 11) is 0. The van der Waals surface area contributed by atoms with Gasteiger partial charge in [-0.3, -0.25) is 14.4 Å². The zero-order valence-corrected chi connectivity index (χ0v) is 7.29. The largest absolute Gasteiger partial charge is 0.346 e. The maximum absolute atomic E-state index is 10.9. The van der Waals surface area contributed by atoms with Gasteiger partial charge >= 0.3 is 0 Å². The Hall–Kier alpha value is -1.43. The van der Waals surface area contributed by atoms with Crippen LogP contribution in [0, 0.1) is 0 Å². The molecule has 13 heavy (non-hydrogen) atoms. The molecule has 0 aliphatic carbocycles. The summed E-state index contributed by atoms with van der Waals surface area (Å²) in [6.45, 7) is 1.14. The van der Waals surface area contributed by atoms with Gasteiger partial charge in [0, 0.05) is 0 Å². The van der Waals surface area contributed by atoms with Crippen LogP contribution in [0.4, 0.5) is 0 Å². The van der Waals surface area contributed by atoms with E-state index < -0.39 is 17.9 Å². The number of nitrogens with one attached hydrogen (secondary N) is 2. The van der Waals surface area contributed by atoms with Gasteiger partial charge in [0.2, 0.25) is 18.1 Å². The molecule has 0 aromatic rings. The number of nitrogens with two attached hydrogens (primary N) is 1. The van der Waals surface area contributed by atoms with Crippen LogP contribution in [0.15, 0.2) is 0 Å². The van der Waals surface area contributed by atoms with Gasteiger partial charge in [0.15, 0.2) is 0 Å². The molecule has 0 saturated carbocycles. The monoisotopic (exact) mass is 186 g/mol. The standard InChI is InChI=1S/C7H12N3O3/c1-5(4-11)10-7(13)3-9-6(12)2-8/h5H,2-3,8H2,1H3,(H,9,12)(H,10,13). The molecular weight excluding hydrogens is 174 g/mol. The molecule has 6 heteroatoms. The van der Waals surface area contributed by atoms with Crippen LogP contribution in [0.1, 0.15) is 6.92 Å². The van der Waals surface area contributed by atoms with Crippen LogP contribution in [-0.4, -0.2) is 37.2 Å². The van der Waals surface area contributed by atoms with Gasteiger partial charge in [0.05, 0.1) is 19.1 Å². The smallest absolute Gasteiger partial charge is 0.239 e. The highest BCUT2D eigenvalue weighted by molar-refractivity contribution is 5.86. The summed E-state index contributed by atoms with van der Waals surface area (Å²) in [5, 5.41) is 4.55. The van der Waals surface area contributed by atoms with Gasteiger partial charge in [-0.2, -0.15) is 0 Å². The maximum atomic E-state index is 10.9. The highest BCUT2D eigenvalue weighted by atomic mass is 16.2. The molecule has 0 spiro atoms. The van der Waals surface area contributed by atoms with Crippen molar-refractivity contribution in [3.05, 3.63) is 0 Å². The SMILES string of the molecule is CC([C]=O)NC(=O)CNC(=O)CN. The number of carbonyl (C=O) groups is 2. The predicted molar refractivity (Wildman–Crippen MR) is 45.4 cm³/mol. The van der Waals surface area contributed by atoms with Gasteiger partial charge in [-0.15, -0.1) is 0 Å². The fourth-order valence-electron chi connectivity index (χ4n) is 0.573. The molecule has 0 aromatic carbocycles. The Morgan fingerprint density at radius 2 is 2.08 bits per heavy atom. The van der Waals surface area contributed by atoms with Gasteiger partial charge in [0.25, 0.3) is 0 Å². The van der Waals surface area contributed by atoms with E-state index in [1.807, 2.05) is 0 Å². The number of hydrogen-bond acceptors (Lipinski definition) is 4. The lowest BCUT2D eigenvalue weighted by atomic mass is 10.4. The van der Waals surface area contributed by atoms with Crippen LogP contribution in [0.3, 0.4) is 0 Å². The summed E-state index contributed by atoms with van der Waals surface area (Å²) < 4.78 is 0. The molecule has 2 amide bonds. The van der Waals surface area contributed by atoms with Crippen molar-refractivity contribution in [2.45, 2.75) is 13.0 Å². The van der Waals surface area contributed by atoms with Crippen molar-refractivity contribution < 1.29 is 14.4 Å². The lowest BCUT2D eigenvalue weighted by Crippen LogP contribution is -2.42. The third kappa shape index (κ3) is 5.80. The van der Waals surface area contributed by atoms with Crippen LogP contribution < -0.4 is 16.4 Å². The van der Waals surface area contributed by atoms with Gasteiger partial charge in [-0.05, 0) is 6.92 Å². The van der Waals surface area contributed by atoms with Crippen LogP contribution >= 0.6 is 0 Å². The summed E-state index contributed by atoms with van der Waals surface area (Å²) in [6, 6.07) is -0.665. The highest BCUT2D eigenvalue weighted by Gasteiger charge is 2.07. The average molecular weight is 186 g/mol. The molecule has 0 heterocycles. The molecule has 1 atom stereocenters. The second-order valence-corrected chi connectivity index (χ2v) is 2.39. The first kappa shape index (κ1) is 11.6. The van der Waals surface area contributed by atoms with Crippen molar-refractivity contribution in [2.75, 3.05) is 13.1 Å². The van der Waals surface area contributed by atoms with E-state index in [0.717, 1.165) is 0 Å². The summed E-state index contributed by atoms with van der Waals surface area (Å²) >= 11 is 0. The summed E-state index contributed by atoms with van der Waals surface area (Å²) in [6.07, 6.45) is 1.58. The van der Waals surface area contributed by atoms with E-state index in [1.54, 1.807) is 6.29 Å². The number of hydrogen-bond donors (Lipinski definition) is 3. The number of amides is 2. The Morgan fingerprint density at radius 3 is 2.54 bits per heavy atom. The van der Waals surface area contributed by atoms with E-state index in [4.69, 9.17) is 5.73 Å². The van der Waals surface area contributed by atoms with Gasteiger partial charge in [-0.25, -0.2) is 0 Å². The normalized spacial score (nSPS) is 11.5. The average Bonchev–Trinajstić information content (AvgIpc) is 2.13. The van der Waals surface area contributed by atoms with Crippen molar-refractivity contribution in [3.8, 4) is 0 Å². The Bertz CT molecular complexity index is 205. The minimum atomic E-state index is -0.665. The van der Waals surface area contributed by atoms with E-state index >= 15 is 0 Å². The maximum Gasteiger partial charge on any atom is 0.239 e. The van der Waals surface area contributed by atoms with Crippen molar-refractivity contribution in [1.29, 1.82) is 0 Å². The molecule has 0 aliphatic heterocycles. The van der Waals surface area contributed by atoms with Gasteiger partial charge in [-0.1, -0.05) is 0 Å². The van der Waals surface area contributed by atoms with E-state index in [-0.39, 0.29) is 13.1 Å². The third-order valence-electron chi connectivity index (χ3n) is 1.19. The molecule has 1 unspecified atom stereocenters. The Balaban J connectivity index is 3.63. The zero-order valence-electron chi connectivity index (χ0n) is 7.29. The molecule has 0 rings (SSSR count). The van der Waals surface area contributed by atoms with E-state index in [2.05, 4.69) is 10.6 Å². The molecule has 1 radical (unpaired) electrons. The third-order valence-corrected chi connectivity index (χ3v) is 1.19. The van der Waals surface area contributed by atoms with Crippen LogP contribution in [0.25, 0.3) is 0 Å². The van der Waals surface area contributed by atoms with Crippen molar-refractivity contribution >= 4 is 18.1 Å². The zero-order chi connectivity index (χ0) is 10.3. The topological polar surface area (TPSA) is 101 Å². The molecule has 0 fully saturated rings. The minimum Gasteiger partial charge on any atom is -0.346 e. The highest BCUT2D eigenvalue weighted by Crippen LogP contribution is 1.73. The first-order valence-corrected chi connectivity index (χ1v) is 3.74. The summed E-state index contributed by atoms with van der Waals surface area (Å²) in [4.78, 5) is 31.5.